The number of pyridine rings is 1. The second kappa shape index (κ2) is 7.66. The lowest BCUT2D eigenvalue weighted by Gasteiger charge is -2.23. The largest absolute Gasteiger partial charge is 0.477 e. The molecule has 0 bridgehead atoms. The Hall–Kier alpha value is -2.40. The van der Waals surface area contributed by atoms with Crippen LogP contribution in [0.4, 0.5) is 0 Å². The van der Waals surface area contributed by atoms with Crippen molar-refractivity contribution in [1.29, 1.82) is 0 Å². The predicted octanol–water partition coefficient (Wildman–Crippen LogP) is 2.78. The Kier molecular flexibility index (Phi) is 5.34. The summed E-state index contributed by atoms with van der Waals surface area (Å²) in [6.07, 6.45) is 4.21. The van der Waals surface area contributed by atoms with E-state index in [4.69, 9.17) is 4.74 Å². The summed E-state index contributed by atoms with van der Waals surface area (Å²) >= 11 is 0. The molecule has 1 aliphatic carbocycles. The Labute approximate surface area is 148 Å². The monoisotopic (exact) mass is 340 g/mol. The fourth-order valence-corrected chi connectivity index (χ4v) is 2.56. The van der Waals surface area contributed by atoms with Gasteiger partial charge in [0.2, 0.25) is 11.8 Å². The van der Waals surface area contributed by atoms with Crippen molar-refractivity contribution in [2.75, 3.05) is 6.61 Å². The molecule has 1 aromatic carbocycles. The standard InChI is InChI=1S/C20H24N2O3/c1-20(24,17-5-3-2-4-6-17)11-18(23)21-12-16-9-10-19(22-13-16)25-14-15-7-8-15/h2-6,9-10,13,15,24H,7-8,11-12,14H2,1H3,(H,21,23). The Morgan fingerprint density at radius 3 is 2.68 bits per heavy atom. The van der Waals surface area contributed by atoms with Crippen LogP contribution in [-0.2, 0) is 16.9 Å². The lowest BCUT2D eigenvalue weighted by Crippen LogP contribution is -2.32. The van der Waals surface area contributed by atoms with Crippen molar-refractivity contribution in [2.45, 2.75) is 38.3 Å². The number of rotatable bonds is 8. The van der Waals surface area contributed by atoms with Gasteiger partial charge in [-0.25, -0.2) is 4.98 Å². The number of aliphatic hydroxyl groups is 1. The van der Waals surface area contributed by atoms with Crippen LogP contribution in [0.25, 0.3) is 0 Å². The highest BCUT2D eigenvalue weighted by molar-refractivity contribution is 5.77. The van der Waals surface area contributed by atoms with Gasteiger partial charge in [0.05, 0.1) is 18.6 Å². The molecule has 2 N–H and O–H groups in total. The van der Waals surface area contributed by atoms with Gasteiger partial charge in [-0.05, 0) is 36.8 Å². The van der Waals surface area contributed by atoms with Crippen LogP contribution in [0.1, 0.15) is 37.3 Å². The number of nitrogens with zero attached hydrogens (tertiary/aromatic N) is 1. The van der Waals surface area contributed by atoms with Gasteiger partial charge in [-0.15, -0.1) is 0 Å². The van der Waals surface area contributed by atoms with Gasteiger partial charge in [0.1, 0.15) is 0 Å². The highest BCUT2D eigenvalue weighted by Gasteiger charge is 2.26. The number of hydrogen-bond acceptors (Lipinski definition) is 4. The zero-order chi connectivity index (χ0) is 17.7. The van der Waals surface area contributed by atoms with Crippen molar-refractivity contribution in [3.8, 4) is 5.88 Å². The van der Waals surface area contributed by atoms with Crippen LogP contribution in [0.2, 0.25) is 0 Å². The van der Waals surface area contributed by atoms with E-state index in [1.807, 2.05) is 42.5 Å². The van der Waals surface area contributed by atoms with Gasteiger partial charge in [0.15, 0.2) is 0 Å². The summed E-state index contributed by atoms with van der Waals surface area (Å²) in [5.74, 6) is 1.11. The SMILES string of the molecule is CC(O)(CC(=O)NCc1ccc(OCC2CC2)nc1)c1ccccc1. The first-order chi connectivity index (χ1) is 12.0. The van der Waals surface area contributed by atoms with E-state index in [1.165, 1.54) is 12.8 Å². The van der Waals surface area contributed by atoms with E-state index in [-0.39, 0.29) is 12.3 Å². The molecule has 5 heteroatoms. The molecule has 0 spiro atoms. The third-order valence-electron chi connectivity index (χ3n) is 4.35. The van der Waals surface area contributed by atoms with Crippen LogP contribution in [0.5, 0.6) is 5.88 Å². The maximum atomic E-state index is 12.1. The highest BCUT2D eigenvalue weighted by atomic mass is 16.5. The molecule has 0 saturated heterocycles. The number of aromatic nitrogens is 1. The number of nitrogens with one attached hydrogen (secondary N) is 1. The van der Waals surface area contributed by atoms with E-state index >= 15 is 0 Å². The zero-order valence-corrected chi connectivity index (χ0v) is 14.4. The van der Waals surface area contributed by atoms with Gasteiger partial charge in [0.25, 0.3) is 0 Å². The quantitative estimate of drug-likeness (QED) is 0.775. The smallest absolute Gasteiger partial charge is 0.223 e. The van der Waals surface area contributed by atoms with Crippen molar-refractivity contribution >= 4 is 5.91 Å². The highest BCUT2D eigenvalue weighted by Crippen LogP contribution is 2.29. The predicted molar refractivity (Wildman–Crippen MR) is 94.9 cm³/mol. The molecule has 1 aliphatic rings. The van der Waals surface area contributed by atoms with Gasteiger partial charge in [0, 0.05) is 18.8 Å². The Balaban J connectivity index is 1.46. The van der Waals surface area contributed by atoms with Crippen molar-refractivity contribution in [2.24, 2.45) is 5.92 Å². The van der Waals surface area contributed by atoms with Crippen molar-refractivity contribution in [3.05, 3.63) is 59.8 Å². The Morgan fingerprint density at radius 1 is 1.28 bits per heavy atom. The molecule has 1 atom stereocenters. The first kappa shape index (κ1) is 17.4. The number of carbonyl (C=O) groups excluding carboxylic acids is 1. The molecular weight excluding hydrogens is 316 g/mol. The number of carbonyl (C=O) groups is 1. The molecule has 1 heterocycles. The summed E-state index contributed by atoms with van der Waals surface area (Å²) in [6.45, 7) is 2.76. The molecule has 1 aromatic heterocycles. The second-order valence-electron chi connectivity index (χ2n) is 6.85. The summed E-state index contributed by atoms with van der Waals surface area (Å²) in [6, 6.07) is 12.9. The van der Waals surface area contributed by atoms with Crippen molar-refractivity contribution < 1.29 is 14.6 Å². The fourth-order valence-electron chi connectivity index (χ4n) is 2.56. The average molecular weight is 340 g/mol. The Bertz CT molecular complexity index is 695. The van der Waals surface area contributed by atoms with Crippen molar-refractivity contribution in [3.63, 3.8) is 0 Å². The summed E-state index contributed by atoms with van der Waals surface area (Å²) in [5.41, 5.74) is 0.430. The molecule has 25 heavy (non-hydrogen) atoms. The lowest BCUT2D eigenvalue weighted by molar-refractivity contribution is -0.126. The zero-order valence-electron chi connectivity index (χ0n) is 14.4. The molecule has 0 radical (unpaired) electrons. The average Bonchev–Trinajstić information content (AvgIpc) is 3.44. The van der Waals surface area contributed by atoms with Crippen LogP contribution in [-0.4, -0.2) is 22.6 Å². The fraction of sp³-hybridized carbons (Fsp3) is 0.400. The third kappa shape index (κ3) is 5.29. The molecule has 3 rings (SSSR count). The first-order valence-corrected chi connectivity index (χ1v) is 8.65. The van der Waals surface area contributed by atoms with Crippen LogP contribution in [0.15, 0.2) is 48.7 Å². The van der Waals surface area contributed by atoms with Crippen LogP contribution < -0.4 is 10.1 Å². The van der Waals surface area contributed by atoms with E-state index in [1.54, 1.807) is 13.1 Å². The van der Waals surface area contributed by atoms with Gasteiger partial charge in [-0.3, -0.25) is 4.79 Å². The number of benzene rings is 1. The second-order valence-corrected chi connectivity index (χ2v) is 6.85. The minimum absolute atomic E-state index is 0.00697. The van der Waals surface area contributed by atoms with E-state index in [0.717, 1.165) is 17.7 Å². The summed E-state index contributed by atoms with van der Waals surface area (Å²) in [5, 5.41) is 13.3. The normalized spacial score (nSPS) is 16.1. The third-order valence-corrected chi connectivity index (χ3v) is 4.35. The minimum Gasteiger partial charge on any atom is -0.477 e. The van der Waals surface area contributed by atoms with Crippen LogP contribution >= 0.6 is 0 Å². The summed E-state index contributed by atoms with van der Waals surface area (Å²) < 4.78 is 5.59. The first-order valence-electron chi connectivity index (χ1n) is 8.65. The van der Waals surface area contributed by atoms with Crippen LogP contribution in [0, 0.1) is 5.92 Å². The molecule has 1 fully saturated rings. The maximum absolute atomic E-state index is 12.1. The van der Waals surface area contributed by atoms with Gasteiger partial charge >= 0.3 is 0 Å². The molecule has 2 aromatic rings. The molecule has 132 valence electrons. The molecular formula is C20H24N2O3. The maximum Gasteiger partial charge on any atom is 0.223 e. The topological polar surface area (TPSA) is 71.5 Å². The lowest BCUT2D eigenvalue weighted by atomic mass is 9.92. The van der Waals surface area contributed by atoms with E-state index in [2.05, 4.69) is 10.3 Å². The van der Waals surface area contributed by atoms with Gasteiger partial charge in [-0.1, -0.05) is 36.4 Å². The Morgan fingerprint density at radius 2 is 2.04 bits per heavy atom. The molecule has 1 saturated carbocycles. The van der Waals surface area contributed by atoms with E-state index in [0.29, 0.717) is 18.3 Å². The molecule has 1 amide bonds. The summed E-state index contributed by atoms with van der Waals surface area (Å²) in [7, 11) is 0. The van der Waals surface area contributed by atoms with Gasteiger partial charge < -0.3 is 15.2 Å². The van der Waals surface area contributed by atoms with Crippen molar-refractivity contribution in [1.82, 2.24) is 10.3 Å². The summed E-state index contributed by atoms with van der Waals surface area (Å²) in [4.78, 5) is 16.4. The van der Waals surface area contributed by atoms with E-state index < -0.39 is 5.60 Å². The number of ether oxygens (including phenoxy) is 1. The number of amides is 1. The van der Waals surface area contributed by atoms with Crippen LogP contribution in [0.3, 0.4) is 0 Å². The van der Waals surface area contributed by atoms with E-state index in [9.17, 15) is 9.90 Å². The minimum atomic E-state index is -1.19. The molecule has 1 unspecified atom stereocenters. The molecule has 5 nitrogen and oxygen atoms in total. The van der Waals surface area contributed by atoms with Gasteiger partial charge in [-0.2, -0.15) is 0 Å². The number of hydrogen-bond donors (Lipinski definition) is 2. The molecule has 0 aliphatic heterocycles.